The fraction of sp³-hybridized carbons (Fsp3) is 0.444. The molecular weight excluding hydrogens is 701 g/mol. The van der Waals surface area contributed by atoms with Gasteiger partial charge in [0.2, 0.25) is 0 Å². The SMILES string of the molecule is CC(C)(C)c1cc2c3c(c1)C1(C)CCCCC1(C)N3c1cc(N(c3ccccc3)c3ccccc3)cc3c1B2c1cc(C(C)(C)C)cc2c1N3C1(C)CCCCC21C. The van der Waals surface area contributed by atoms with E-state index in [1.165, 1.54) is 108 Å². The van der Waals surface area contributed by atoms with Crippen LogP contribution in [0.5, 0.6) is 0 Å². The Morgan fingerprint density at radius 3 is 1.29 bits per heavy atom. The molecule has 0 N–H and O–H groups in total. The van der Waals surface area contributed by atoms with Gasteiger partial charge in [-0.05, 0) is 125 Å². The minimum Gasteiger partial charge on any atom is -0.335 e. The van der Waals surface area contributed by atoms with E-state index in [1.54, 1.807) is 22.1 Å². The molecule has 6 aliphatic rings. The molecule has 0 spiro atoms. The van der Waals surface area contributed by atoms with Gasteiger partial charge >= 0.3 is 0 Å². The Morgan fingerprint density at radius 1 is 0.500 bits per heavy atom. The lowest BCUT2D eigenvalue weighted by Crippen LogP contribution is -2.66. The maximum Gasteiger partial charge on any atom is 0.252 e. The van der Waals surface area contributed by atoms with Crippen molar-refractivity contribution >= 4 is 62.9 Å². The summed E-state index contributed by atoms with van der Waals surface area (Å²) in [5.41, 5.74) is 20.4. The van der Waals surface area contributed by atoms with Crippen molar-refractivity contribution in [1.29, 1.82) is 0 Å². The van der Waals surface area contributed by atoms with E-state index >= 15 is 0 Å². The minimum atomic E-state index is -0.0481. The monoisotopic (exact) mass is 764 g/mol. The smallest absolute Gasteiger partial charge is 0.252 e. The molecule has 5 aromatic rings. The third-order valence-corrected chi connectivity index (χ3v) is 17.0. The summed E-state index contributed by atoms with van der Waals surface area (Å²) < 4.78 is 0. The maximum absolute atomic E-state index is 2.94. The van der Waals surface area contributed by atoms with Gasteiger partial charge in [0.1, 0.15) is 0 Å². The summed E-state index contributed by atoms with van der Waals surface area (Å²) in [5, 5.41) is 0. The van der Waals surface area contributed by atoms with Crippen molar-refractivity contribution in [1.82, 2.24) is 0 Å². The molecule has 2 fully saturated rings. The summed E-state index contributed by atoms with van der Waals surface area (Å²) in [7, 11) is 0. The summed E-state index contributed by atoms with van der Waals surface area (Å²) in [5.74, 6) is 0. The van der Waals surface area contributed by atoms with Crippen LogP contribution in [0.3, 0.4) is 0 Å². The molecule has 58 heavy (non-hydrogen) atoms. The lowest BCUT2D eigenvalue weighted by molar-refractivity contribution is 0.194. The van der Waals surface area contributed by atoms with Crippen molar-refractivity contribution in [2.24, 2.45) is 0 Å². The van der Waals surface area contributed by atoms with Crippen LogP contribution in [0.15, 0.2) is 97.1 Å². The van der Waals surface area contributed by atoms with E-state index in [4.69, 9.17) is 0 Å². The second kappa shape index (κ2) is 11.6. The Morgan fingerprint density at radius 2 is 0.897 bits per heavy atom. The van der Waals surface area contributed by atoms with Crippen LogP contribution in [0.2, 0.25) is 0 Å². The number of anilines is 7. The zero-order chi connectivity index (χ0) is 40.4. The number of hydrogen-bond acceptors (Lipinski definition) is 3. The molecule has 296 valence electrons. The van der Waals surface area contributed by atoms with Crippen LogP contribution in [-0.2, 0) is 21.7 Å². The van der Waals surface area contributed by atoms with Crippen LogP contribution in [0.25, 0.3) is 0 Å². The molecule has 4 unspecified atom stereocenters. The van der Waals surface area contributed by atoms with Gasteiger partial charge in [-0.3, -0.25) is 0 Å². The average molecular weight is 764 g/mol. The molecule has 2 aliphatic carbocycles. The molecule has 4 heterocycles. The van der Waals surface area contributed by atoms with Gasteiger partial charge in [0, 0.05) is 45.0 Å². The van der Waals surface area contributed by atoms with Crippen molar-refractivity contribution in [2.45, 2.75) is 153 Å². The quantitative estimate of drug-likeness (QED) is 0.169. The molecule has 0 amide bonds. The molecule has 4 atom stereocenters. The molecule has 3 nitrogen and oxygen atoms in total. The normalized spacial score (nSPS) is 27.4. The fourth-order valence-electron chi connectivity index (χ4n) is 13.3. The molecule has 0 radical (unpaired) electrons. The van der Waals surface area contributed by atoms with Gasteiger partial charge in [0.25, 0.3) is 6.71 Å². The average Bonchev–Trinajstić information content (AvgIpc) is 3.54. The van der Waals surface area contributed by atoms with Gasteiger partial charge in [-0.2, -0.15) is 0 Å². The van der Waals surface area contributed by atoms with Gasteiger partial charge in [0.05, 0.1) is 16.8 Å². The summed E-state index contributed by atoms with van der Waals surface area (Å²) in [6.07, 6.45) is 9.97. The first-order chi connectivity index (χ1) is 27.5. The van der Waals surface area contributed by atoms with Crippen molar-refractivity contribution in [2.75, 3.05) is 14.7 Å². The maximum atomic E-state index is 2.94. The van der Waals surface area contributed by atoms with Crippen LogP contribution in [-0.4, -0.2) is 17.8 Å². The van der Waals surface area contributed by atoms with Gasteiger partial charge in [-0.15, -0.1) is 0 Å². The standard InChI is InChI=1S/C54H62BN3/c1-49(2,3)35-29-40-47-42(31-35)55-43-32-36(50(4,5)6)30-41-48(43)58(54(10)28-20-18-26-52(41,54)8)45-34-39(56(37-21-13-11-14-22-37)38-23-15-12-16-24-38)33-44(46(45)55)57(47)53(9)27-19-17-25-51(40,53)7/h11-16,21-24,29-34H,17-20,25-28H2,1-10H3. The van der Waals surface area contributed by atoms with E-state index < -0.39 is 0 Å². The highest BCUT2D eigenvalue weighted by atomic mass is 15.3. The van der Waals surface area contributed by atoms with Crippen LogP contribution in [0.1, 0.15) is 143 Å². The number of rotatable bonds is 3. The fourth-order valence-corrected chi connectivity index (χ4v) is 13.3. The topological polar surface area (TPSA) is 9.72 Å². The minimum absolute atomic E-state index is 0.0328. The zero-order valence-electron chi connectivity index (χ0n) is 36.8. The Labute approximate surface area is 348 Å². The molecular formula is C54H62BN3. The molecule has 4 heteroatoms. The number of para-hydroxylation sites is 2. The lowest BCUT2D eigenvalue weighted by Gasteiger charge is -2.55. The summed E-state index contributed by atoms with van der Waals surface area (Å²) in [6.45, 7) is 25.3. The molecule has 0 saturated heterocycles. The van der Waals surface area contributed by atoms with Crippen LogP contribution in [0.4, 0.5) is 39.8 Å². The van der Waals surface area contributed by atoms with Crippen LogP contribution in [0, 0.1) is 0 Å². The molecule has 0 bridgehead atoms. The second-order valence-corrected chi connectivity index (χ2v) is 22.1. The Hall–Kier alpha value is -4.44. The summed E-state index contributed by atoms with van der Waals surface area (Å²) >= 11 is 0. The molecule has 4 aliphatic heterocycles. The van der Waals surface area contributed by atoms with E-state index in [1.807, 2.05) is 0 Å². The Kier molecular flexibility index (Phi) is 7.35. The largest absolute Gasteiger partial charge is 0.335 e. The van der Waals surface area contributed by atoms with Gasteiger partial charge in [-0.25, -0.2) is 0 Å². The first-order valence-electron chi connectivity index (χ1n) is 22.6. The van der Waals surface area contributed by atoms with Gasteiger partial charge in [0.15, 0.2) is 0 Å². The van der Waals surface area contributed by atoms with Gasteiger partial charge in [-0.1, -0.05) is 142 Å². The van der Waals surface area contributed by atoms with Crippen molar-refractivity contribution in [3.05, 3.63) is 119 Å². The Bertz CT molecular complexity index is 2360. The third-order valence-electron chi connectivity index (χ3n) is 17.0. The highest BCUT2D eigenvalue weighted by Gasteiger charge is 2.65. The number of benzene rings is 5. The van der Waals surface area contributed by atoms with Gasteiger partial charge < -0.3 is 14.7 Å². The third kappa shape index (κ3) is 4.48. The zero-order valence-corrected chi connectivity index (χ0v) is 36.8. The second-order valence-electron chi connectivity index (χ2n) is 22.1. The predicted molar refractivity (Wildman–Crippen MR) is 249 cm³/mol. The summed E-state index contributed by atoms with van der Waals surface area (Å²) in [6, 6.07) is 38.1. The lowest BCUT2D eigenvalue weighted by atomic mass is 9.33. The molecule has 2 saturated carbocycles. The van der Waals surface area contributed by atoms with E-state index in [9.17, 15) is 0 Å². The van der Waals surface area contributed by atoms with E-state index in [0.717, 1.165) is 0 Å². The molecule has 11 rings (SSSR count). The van der Waals surface area contributed by atoms with E-state index in [0.29, 0.717) is 0 Å². The number of nitrogens with zero attached hydrogens (tertiary/aromatic N) is 3. The number of fused-ring (bicyclic) bond motifs is 10. The van der Waals surface area contributed by atoms with Crippen LogP contribution < -0.4 is 31.1 Å². The Balaban J connectivity index is 1.32. The van der Waals surface area contributed by atoms with Crippen molar-refractivity contribution < 1.29 is 0 Å². The number of hydrogen-bond donors (Lipinski definition) is 0. The highest BCUT2D eigenvalue weighted by molar-refractivity contribution is 7.00. The first-order valence-corrected chi connectivity index (χ1v) is 22.6. The molecule has 5 aromatic carbocycles. The van der Waals surface area contributed by atoms with E-state index in [2.05, 4.69) is 181 Å². The summed E-state index contributed by atoms with van der Waals surface area (Å²) in [4.78, 5) is 8.41. The van der Waals surface area contributed by atoms with Crippen molar-refractivity contribution in [3.8, 4) is 0 Å². The van der Waals surface area contributed by atoms with E-state index in [-0.39, 0.29) is 39.5 Å². The molecule has 0 aromatic heterocycles. The first kappa shape index (κ1) is 36.6. The predicted octanol–water partition coefficient (Wildman–Crippen LogP) is 12.4. The van der Waals surface area contributed by atoms with Crippen molar-refractivity contribution in [3.63, 3.8) is 0 Å². The van der Waals surface area contributed by atoms with Crippen LogP contribution >= 0.6 is 0 Å². The highest BCUT2D eigenvalue weighted by Crippen LogP contribution is 2.65.